The highest BCUT2D eigenvalue weighted by molar-refractivity contribution is 7.89. The minimum Gasteiger partial charge on any atom is -0.348 e. The van der Waals surface area contributed by atoms with Gasteiger partial charge in [0.2, 0.25) is 10.0 Å². The van der Waals surface area contributed by atoms with Gasteiger partial charge in [0, 0.05) is 30.7 Å². The van der Waals surface area contributed by atoms with Crippen molar-refractivity contribution in [3.05, 3.63) is 41.9 Å². The number of rotatable bonds is 7. The molecule has 1 aliphatic heterocycles. The van der Waals surface area contributed by atoms with Crippen LogP contribution >= 0.6 is 11.6 Å². The molecule has 0 radical (unpaired) electrons. The minimum atomic E-state index is -3.64. The summed E-state index contributed by atoms with van der Waals surface area (Å²) in [5.41, 5.74) is 0. The third kappa shape index (κ3) is 5.79. The van der Waals surface area contributed by atoms with Gasteiger partial charge in [-0.15, -0.1) is 6.58 Å². The summed E-state index contributed by atoms with van der Waals surface area (Å²) in [6.07, 6.45) is 4.34. The van der Waals surface area contributed by atoms with Gasteiger partial charge in [0.05, 0.1) is 4.90 Å². The lowest BCUT2D eigenvalue weighted by atomic mass is 10.0. The maximum atomic E-state index is 13.0. The SMILES string of the molecule is C=CCNC(=O)C(=O)NCCC1CCCCN1S(=O)(=O)c1ccc(Cl)cc1. The van der Waals surface area contributed by atoms with Crippen molar-refractivity contribution in [2.75, 3.05) is 19.6 Å². The van der Waals surface area contributed by atoms with Crippen LogP contribution in [0.15, 0.2) is 41.8 Å². The predicted octanol–water partition coefficient (Wildman–Crippen LogP) is 1.69. The van der Waals surface area contributed by atoms with E-state index in [-0.39, 0.29) is 24.0 Å². The van der Waals surface area contributed by atoms with E-state index in [2.05, 4.69) is 17.2 Å². The monoisotopic (exact) mass is 413 g/mol. The van der Waals surface area contributed by atoms with Gasteiger partial charge in [-0.2, -0.15) is 4.31 Å². The lowest BCUT2D eigenvalue weighted by molar-refractivity contribution is -0.139. The van der Waals surface area contributed by atoms with Crippen molar-refractivity contribution < 1.29 is 18.0 Å². The van der Waals surface area contributed by atoms with E-state index in [1.807, 2.05) is 0 Å². The van der Waals surface area contributed by atoms with Crippen LogP contribution in [0.2, 0.25) is 5.02 Å². The average Bonchev–Trinajstić information content (AvgIpc) is 2.66. The summed E-state index contributed by atoms with van der Waals surface area (Å²) in [6, 6.07) is 5.87. The van der Waals surface area contributed by atoms with Crippen LogP contribution < -0.4 is 10.6 Å². The molecular formula is C18H24ClN3O4S. The molecule has 1 atom stereocenters. The smallest absolute Gasteiger partial charge is 0.309 e. The number of benzene rings is 1. The number of hydrogen-bond donors (Lipinski definition) is 2. The van der Waals surface area contributed by atoms with Crippen LogP contribution in [0.5, 0.6) is 0 Å². The molecule has 1 aromatic rings. The first-order chi connectivity index (χ1) is 12.9. The van der Waals surface area contributed by atoms with Crippen molar-refractivity contribution in [2.24, 2.45) is 0 Å². The molecule has 7 nitrogen and oxygen atoms in total. The second-order valence-electron chi connectivity index (χ2n) is 6.26. The Bertz CT molecular complexity index is 780. The molecule has 1 heterocycles. The summed E-state index contributed by atoms with van der Waals surface area (Å²) in [5.74, 6) is -1.47. The molecule has 2 N–H and O–H groups in total. The third-order valence-corrected chi connectivity index (χ3v) is 6.59. The summed E-state index contributed by atoms with van der Waals surface area (Å²) < 4.78 is 27.4. The van der Waals surface area contributed by atoms with Crippen LogP contribution in [-0.2, 0) is 19.6 Å². The van der Waals surface area contributed by atoms with Gasteiger partial charge in [0.25, 0.3) is 0 Å². The minimum absolute atomic E-state index is 0.201. The Morgan fingerprint density at radius 3 is 2.52 bits per heavy atom. The van der Waals surface area contributed by atoms with E-state index < -0.39 is 21.8 Å². The fourth-order valence-corrected chi connectivity index (χ4v) is 4.85. The molecule has 1 aromatic carbocycles. The number of hydrogen-bond acceptors (Lipinski definition) is 4. The van der Waals surface area contributed by atoms with Gasteiger partial charge >= 0.3 is 11.8 Å². The van der Waals surface area contributed by atoms with E-state index in [0.717, 1.165) is 12.8 Å². The quantitative estimate of drug-likeness (QED) is 0.525. The molecule has 2 amide bonds. The highest BCUT2D eigenvalue weighted by Crippen LogP contribution is 2.27. The van der Waals surface area contributed by atoms with Crippen molar-refractivity contribution in [1.29, 1.82) is 0 Å². The molecule has 1 saturated heterocycles. The molecule has 0 spiro atoms. The van der Waals surface area contributed by atoms with E-state index in [4.69, 9.17) is 11.6 Å². The van der Waals surface area contributed by atoms with Crippen LogP contribution in [0.25, 0.3) is 0 Å². The van der Waals surface area contributed by atoms with E-state index in [1.165, 1.54) is 22.5 Å². The molecule has 1 aliphatic rings. The summed E-state index contributed by atoms with van der Waals surface area (Å²) in [6.45, 7) is 4.32. The first kappa shape index (κ1) is 21.4. The Morgan fingerprint density at radius 2 is 1.85 bits per heavy atom. The Morgan fingerprint density at radius 1 is 1.19 bits per heavy atom. The molecule has 0 bridgehead atoms. The number of nitrogens with one attached hydrogen (secondary N) is 2. The fraction of sp³-hybridized carbons (Fsp3) is 0.444. The first-order valence-electron chi connectivity index (χ1n) is 8.80. The molecule has 2 rings (SSSR count). The van der Waals surface area contributed by atoms with Crippen LogP contribution in [0.4, 0.5) is 0 Å². The van der Waals surface area contributed by atoms with Crippen molar-refractivity contribution in [3.8, 4) is 0 Å². The molecule has 0 aromatic heterocycles. The van der Waals surface area contributed by atoms with Crippen LogP contribution in [0.3, 0.4) is 0 Å². The van der Waals surface area contributed by atoms with Gasteiger partial charge in [0.1, 0.15) is 0 Å². The Labute approximate surface area is 164 Å². The zero-order valence-corrected chi connectivity index (χ0v) is 16.6. The molecule has 0 saturated carbocycles. The molecular weight excluding hydrogens is 390 g/mol. The molecule has 1 fully saturated rings. The molecule has 9 heteroatoms. The van der Waals surface area contributed by atoms with E-state index in [9.17, 15) is 18.0 Å². The van der Waals surface area contributed by atoms with Crippen molar-refractivity contribution in [1.82, 2.24) is 14.9 Å². The molecule has 27 heavy (non-hydrogen) atoms. The zero-order chi connectivity index (χ0) is 19.9. The van der Waals surface area contributed by atoms with Crippen LogP contribution in [-0.4, -0.2) is 50.2 Å². The van der Waals surface area contributed by atoms with Gasteiger partial charge < -0.3 is 10.6 Å². The highest BCUT2D eigenvalue weighted by atomic mass is 35.5. The van der Waals surface area contributed by atoms with E-state index in [0.29, 0.717) is 24.4 Å². The van der Waals surface area contributed by atoms with Gasteiger partial charge in [-0.3, -0.25) is 9.59 Å². The number of halogens is 1. The third-order valence-electron chi connectivity index (χ3n) is 4.37. The Hall–Kier alpha value is -1.90. The van der Waals surface area contributed by atoms with Gasteiger partial charge in [-0.1, -0.05) is 24.1 Å². The number of carbonyl (C=O) groups excluding carboxylic acids is 2. The summed E-state index contributed by atoms with van der Waals surface area (Å²) in [4.78, 5) is 23.5. The highest BCUT2D eigenvalue weighted by Gasteiger charge is 2.33. The standard InChI is InChI=1S/C18H24ClN3O4S/c1-2-11-20-17(23)18(24)21-12-10-15-5-3-4-13-22(15)27(25,26)16-8-6-14(19)7-9-16/h2,6-9,15H,1,3-5,10-13H2,(H,20,23)(H,21,24). The summed E-state index contributed by atoms with van der Waals surface area (Å²) in [5, 5.41) is 5.40. The molecule has 148 valence electrons. The lowest BCUT2D eigenvalue weighted by Gasteiger charge is -2.34. The van der Waals surface area contributed by atoms with Gasteiger partial charge in [-0.05, 0) is 43.5 Å². The fourth-order valence-electron chi connectivity index (χ4n) is 3.00. The second kappa shape index (κ2) is 9.87. The number of amides is 2. The predicted molar refractivity (Wildman–Crippen MR) is 104 cm³/mol. The second-order valence-corrected chi connectivity index (χ2v) is 8.59. The normalized spacial score (nSPS) is 17.9. The summed E-state index contributed by atoms with van der Waals surface area (Å²) in [7, 11) is -3.64. The molecule has 1 unspecified atom stereocenters. The van der Waals surface area contributed by atoms with E-state index in [1.54, 1.807) is 12.1 Å². The van der Waals surface area contributed by atoms with Crippen LogP contribution in [0, 0.1) is 0 Å². The van der Waals surface area contributed by atoms with E-state index >= 15 is 0 Å². The zero-order valence-electron chi connectivity index (χ0n) is 15.0. The first-order valence-corrected chi connectivity index (χ1v) is 10.6. The maximum Gasteiger partial charge on any atom is 0.309 e. The largest absolute Gasteiger partial charge is 0.348 e. The topological polar surface area (TPSA) is 95.6 Å². The van der Waals surface area contributed by atoms with Gasteiger partial charge in [0.15, 0.2) is 0 Å². The number of sulfonamides is 1. The maximum absolute atomic E-state index is 13.0. The number of piperidine rings is 1. The van der Waals surface area contributed by atoms with Gasteiger partial charge in [-0.25, -0.2) is 8.42 Å². The van der Waals surface area contributed by atoms with Crippen LogP contribution in [0.1, 0.15) is 25.7 Å². The average molecular weight is 414 g/mol. The number of nitrogens with zero attached hydrogens (tertiary/aromatic N) is 1. The van der Waals surface area contributed by atoms with Crippen molar-refractivity contribution >= 4 is 33.4 Å². The molecule has 0 aliphatic carbocycles. The Balaban J connectivity index is 1.98. The lowest BCUT2D eigenvalue weighted by Crippen LogP contribution is -2.46. The van der Waals surface area contributed by atoms with Crippen molar-refractivity contribution in [3.63, 3.8) is 0 Å². The summed E-state index contributed by atoms with van der Waals surface area (Å²) >= 11 is 5.84. The van der Waals surface area contributed by atoms with Crippen molar-refractivity contribution in [2.45, 2.75) is 36.6 Å². The number of carbonyl (C=O) groups is 2. The Kier molecular flexibility index (Phi) is 7.82.